The lowest BCUT2D eigenvalue weighted by atomic mass is 9.73. The van der Waals surface area contributed by atoms with Gasteiger partial charge in [0.2, 0.25) is 0 Å². The Morgan fingerprint density at radius 3 is 1.39 bits per heavy atom. The molecule has 9 rings (SSSR count). The summed E-state index contributed by atoms with van der Waals surface area (Å²) in [5, 5.41) is 105. The van der Waals surface area contributed by atoms with Gasteiger partial charge in [-0.25, -0.2) is 0 Å². The van der Waals surface area contributed by atoms with Crippen molar-refractivity contribution in [1.29, 1.82) is 0 Å². The van der Waals surface area contributed by atoms with Crippen LogP contribution in [0.4, 0.5) is 0 Å². The SMILES string of the molecule is Oc1cc(O)c2c(c1)O[C@H](c1ccccc1)[C@H](O)[C@H]2c1c(O)cc(O)c2c1O[C@H](c1ccccc1)[C@H](O)[C@H]2c1c(O)cc(O)c2c1O[C@H](c1ccccc1)[C@H](O)C2. The Bertz CT molecular complexity index is 2480. The number of phenolic OH excluding ortho intramolecular Hbond substituents is 6. The van der Waals surface area contributed by atoms with Crippen LogP contribution in [0.5, 0.6) is 51.7 Å². The number of rotatable bonds is 5. The van der Waals surface area contributed by atoms with Crippen molar-refractivity contribution < 1.29 is 60.2 Å². The molecule has 9 N–H and O–H groups in total. The second-order valence-corrected chi connectivity index (χ2v) is 14.6. The number of aliphatic hydroxyl groups excluding tert-OH is 3. The van der Waals surface area contributed by atoms with Crippen LogP contribution in [0.1, 0.15) is 74.7 Å². The first kappa shape index (κ1) is 36.1. The van der Waals surface area contributed by atoms with E-state index < -0.39 is 71.5 Å². The highest BCUT2D eigenvalue weighted by Gasteiger charge is 2.50. The lowest BCUT2D eigenvalue weighted by molar-refractivity contribution is -0.00552. The van der Waals surface area contributed by atoms with Crippen LogP contribution < -0.4 is 14.2 Å². The molecule has 6 aromatic carbocycles. The van der Waals surface area contributed by atoms with Gasteiger partial charge in [0.25, 0.3) is 0 Å². The molecule has 0 saturated heterocycles. The van der Waals surface area contributed by atoms with Crippen LogP contribution in [0.25, 0.3) is 0 Å². The number of ether oxygens (including phenoxy) is 3. The molecule has 0 spiro atoms. The lowest BCUT2D eigenvalue weighted by Gasteiger charge is -2.43. The fraction of sp³-hybridized carbons (Fsp3) is 0.200. The summed E-state index contributed by atoms with van der Waals surface area (Å²) in [6.45, 7) is 0. The molecule has 0 radical (unpaired) electrons. The number of hydrogen-bond donors (Lipinski definition) is 9. The van der Waals surface area contributed by atoms with E-state index in [4.69, 9.17) is 14.2 Å². The molecule has 290 valence electrons. The van der Waals surface area contributed by atoms with Crippen molar-refractivity contribution in [2.24, 2.45) is 0 Å². The molecule has 6 aromatic rings. The van der Waals surface area contributed by atoms with Gasteiger partial charge in [0.1, 0.15) is 70.1 Å². The third kappa shape index (κ3) is 5.88. The summed E-state index contributed by atoms with van der Waals surface area (Å²) >= 11 is 0. The zero-order valence-corrected chi connectivity index (χ0v) is 30.0. The molecule has 3 heterocycles. The summed E-state index contributed by atoms with van der Waals surface area (Å²) in [6.07, 6.45) is -7.57. The standard InChI is InChI=1S/C45H38O12/c46-24-16-27(48)33-32(17-24)55-42(22-12-6-2-7-13-22)39(53)37(33)35-29(50)20-30(51)36-38(40(54)43(57-45(35)36)23-14-8-3-9-15-23)34-28(49)19-26(47)25-18-31(52)41(56-44(25)34)21-10-4-1-5-11-21/h1-17,19-20,31,37-43,46-54H,18H2/t31-,37-,38+,39-,40-,41-,42-,43-/m1/s1. The molecule has 0 unspecified atom stereocenters. The molecule has 0 bridgehead atoms. The van der Waals surface area contributed by atoms with Gasteiger partial charge in [-0.3, -0.25) is 0 Å². The van der Waals surface area contributed by atoms with Gasteiger partial charge in [-0.2, -0.15) is 0 Å². The van der Waals surface area contributed by atoms with Crippen molar-refractivity contribution >= 4 is 0 Å². The summed E-state index contributed by atoms with van der Waals surface area (Å²) in [7, 11) is 0. The van der Waals surface area contributed by atoms with Gasteiger partial charge in [-0.15, -0.1) is 0 Å². The second-order valence-electron chi connectivity index (χ2n) is 14.6. The quantitative estimate of drug-likeness (QED) is 0.0959. The van der Waals surface area contributed by atoms with Gasteiger partial charge in [-0.1, -0.05) is 91.0 Å². The minimum atomic E-state index is -1.57. The maximum absolute atomic E-state index is 12.5. The molecular formula is C45H38O12. The maximum atomic E-state index is 12.5. The topological polar surface area (TPSA) is 210 Å². The fourth-order valence-corrected chi connectivity index (χ4v) is 8.72. The van der Waals surface area contributed by atoms with Crippen molar-refractivity contribution in [2.75, 3.05) is 0 Å². The third-order valence-corrected chi connectivity index (χ3v) is 11.2. The van der Waals surface area contributed by atoms with Crippen molar-refractivity contribution in [3.05, 3.63) is 160 Å². The Kier molecular flexibility index (Phi) is 8.76. The van der Waals surface area contributed by atoms with E-state index in [1.165, 1.54) is 6.07 Å². The third-order valence-electron chi connectivity index (χ3n) is 11.2. The van der Waals surface area contributed by atoms with Gasteiger partial charge in [-0.05, 0) is 16.7 Å². The first-order chi connectivity index (χ1) is 27.5. The van der Waals surface area contributed by atoms with Crippen LogP contribution in [0.15, 0.2) is 115 Å². The van der Waals surface area contributed by atoms with Gasteiger partial charge in [0.15, 0.2) is 12.2 Å². The highest BCUT2D eigenvalue weighted by Crippen LogP contribution is 2.62. The normalized spacial score (nSPS) is 24.8. The molecule has 0 amide bonds. The van der Waals surface area contributed by atoms with E-state index in [-0.39, 0.29) is 63.0 Å². The van der Waals surface area contributed by atoms with E-state index in [1.807, 2.05) is 6.07 Å². The summed E-state index contributed by atoms with van der Waals surface area (Å²) in [4.78, 5) is 0. The summed E-state index contributed by atoms with van der Waals surface area (Å²) in [5.41, 5.74) is 1.55. The van der Waals surface area contributed by atoms with E-state index in [2.05, 4.69) is 0 Å². The Labute approximate surface area is 325 Å². The van der Waals surface area contributed by atoms with Crippen LogP contribution in [-0.2, 0) is 6.42 Å². The molecule has 0 saturated carbocycles. The number of aliphatic hydroxyl groups is 3. The first-order valence-corrected chi connectivity index (χ1v) is 18.4. The average molecular weight is 771 g/mol. The minimum absolute atomic E-state index is 0.00564. The monoisotopic (exact) mass is 770 g/mol. The van der Waals surface area contributed by atoms with Crippen molar-refractivity contribution in [3.8, 4) is 51.7 Å². The molecule has 8 atom stereocenters. The molecule has 3 aliphatic rings. The Morgan fingerprint density at radius 1 is 0.421 bits per heavy atom. The Balaban J connectivity index is 1.31. The Morgan fingerprint density at radius 2 is 0.842 bits per heavy atom. The minimum Gasteiger partial charge on any atom is -0.508 e. The van der Waals surface area contributed by atoms with Crippen LogP contribution >= 0.6 is 0 Å². The van der Waals surface area contributed by atoms with Crippen LogP contribution in [0.2, 0.25) is 0 Å². The molecule has 0 aromatic heterocycles. The highest BCUT2D eigenvalue weighted by molar-refractivity contribution is 5.70. The van der Waals surface area contributed by atoms with Crippen molar-refractivity contribution in [1.82, 2.24) is 0 Å². The zero-order valence-electron chi connectivity index (χ0n) is 30.0. The van der Waals surface area contributed by atoms with Crippen LogP contribution in [0.3, 0.4) is 0 Å². The first-order valence-electron chi connectivity index (χ1n) is 18.4. The van der Waals surface area contributed by atoms with E-state index in [0.717, 1.165) is 18.2 Å². The van der Waals surface area contributed by atoms with Crippen LogP contribution in [-0.4, -0.2) is 64.3 Å². The number of phenols is 6. The molecule has 0 fully saturated rings. The number of hydrogen-bond acceptors (Lipinski definition) is 12. The van der Waals surface area contributed by atoms with Crippen LogP contribution in [0, 0.1) is 0 Å². The predicted molar refractivity (Wildman–Crippen MR) is 204 cm³/mol. The van der Waals surface area contributed by atoms with Gasteiger partial charge in [0, 0.05) is 58.5 Å². The number of aromatic hydroxyl groups is 6. The number of fused-ring (bicyclic) bond motifs is 3. The predicted octanol–water partition coefficient (Wildman–Crippen LogP) is 6.21. The smallest absolute Gasteiger partial charge is 0.150 e. The molecular weight excluding hydrogens is 732 g/mol. The van der Waals surface area contributed by atoms with Crippen molar-refractivity contribution in [3.63, 3.8) is 0 Å². The highest BCUT2D eigenvalue weighted by atomic mass is 16.5. The molecule has 12 nitrogen and oxygen atoms in total. The van der Waals surface area contributed by atoms with Gasteiger partial charge < -0.3 is 60.2 Å². The lowest BCUT2D eigenvalue weighted by Crippen LogP contribution is -2.39. The van der Waals surface area contributed by atoms with Crippen molar-refractivity contribution in [2.45, 2.75) is 54.9 Å². The van der Waals surface area contributed by atoms with E-state index in [0.29, 0.717) is 16.7 Å². The fourth-order valence-electron chi connectivity index (χ4n) is 8.72. The van der Waals surface area contributed by atoms with Gasteiger partial charge >= 0.3 is 0 Å². The molecule has 0 aliphatic carbocycles. The molecule has 3 aliphatic heterocycles. The van der Waals surface area contributed by atoms with E-state index in [9.17, 15) is 46.0 Å². The van der Waals surface area contributed by atoms with E-state index in [1.54, 1.807) is 84.9 Å². The number of benzene rings is 6. The zero-order chi connectivity index (χ0) is 39.7. The summed E-state index contributed by atoms with van der Waals surface area (Å²) in [5.74, 6) is -5.65. The Hall–Kier alpha value is -6.60. The molecule has 57 heavy (non-hydrogen) atoms. The van der Waals surface area contributed by atoms with Gasteiger partial charge in [0.05, 0.1) is 17.9 Å². The van der Waals surface area contributed by atoms with E-state index >= 15 is 0 Å². The maximum Gasteiger partial charge on any atom is 0.150 e. The average Bonchev–Trinajstić information content (AvgIpc) is 3.20. The largest absolute Gasteiger partial charge is 0.508 e. The second kappa shape index (κ2) is 13.9. The molecule has 12 heteroatoms. The summed E-state index contributed by atoms with van der Waals surface area (Å²) < 4.78 is 19.3. The summed E-state index contributed by atoms with van der Waals surface area (Å²) in [6, 6.07) is 30.8.